The third-order valence-electron chi connectivity index (χ3n) is 3.97. The van der Waals surface area contributed by atoms with Crippen molar-refractivity contribution < 1.29 is 9.53 Å². The van der Waals surface area contributed by atoms with Crippen LogP contribution in [0.25, 0.3) is 0 Å². The van der Waals surface area contributed by atoms with Crippen LogP contribution in [0.1, 0.15) is 35.4 Å². The number of hydrogen-bond donors (Lipinski definition) is 1. The monoisotopic (exact) mass is 413 g/mol. The average molecular weight is 414 g/mol. The highest BCUT2D eigenvalue weighted by molar-refractivity contribution is 9.10. The smallest absolute Gasteiger partial charge is 0.272 e. The van der Waals surface area contributed by atoms with Crippen LogP contribution < -0.4 is 10.1 Å². The van der Waals surface area contributed by atoms with Gasteiger partial charge in [-0.3, -0.25) is 4.79 Å². The number of benzene rings is 2. The number of aromatic nitrogens is 2. The molecule has 1 aromatic heterocycles. The zero-order valence-corrected chi connectivity index (χ0v) is 16.0. The second-order valence-electron chi connectivity index (χ2n) is 5.81. The number of nitrogens with zero attached hydrogens (tertiary/aromatic N) is 2. The average Bonchev–Trinajstić information content (AvgIpc) is 3.15. The zero-order chi connectivity index (χ0) is 18.4. The van der Waals surface area contributed by atoms with E-state index >= 15 is 0 Å². The van der Waals surface area contributed by atoms with Gasteiger partial charge in [0.1, 0.15) is 11.4 Å². The number of ether oxygens (including phenoxy) is 1. The van der Waals surface area contributed by atoms with E-state index in [0.717, 1.165) is 22.2 Å². The molecule has 0 fully saturated rings. The first-order valence-electron chi connectivity index (χ1n) is 8.43. The van der Waals surface area contributed by atoms with E-state index in [1.807, 2.05) is 61.5 Å². The molecule has 1 N–H and O–H groups in total. The van der Waals surface area contributed by atoms with Crippen molar-refractivity contribution >= 4 is 21.8 Å². The van der Waals surface area contributed by atoms with Gasteiger partial charge in [-0.25, -0.2) is 4.68 Å². The summed E-state index contributed by atoms with van der Waals surface area (Å²) in [4.78, 5) is 12.5. The highest BCUT2D eigenvalue weighted by Crippen LogP contribution is 2.17. The Balaban J connectivity index is 1.59. The summed E-state index contributed by atoms with van der Waals surface area (Å²) in [6.45, 7) is 2.29. The molecular weight excluding hydrogens is 394 g/mol. The number of rotatable bonds is 7. The van der Waals surface area contributed by atoms with Gasteiger partial charge in [-0.15, -0.1) is 0 Å². The fraction of sp³-hybridized carbons (Fsp3) is 0.200. The first-order valence-corrected chi connectivity index (χ1v) is 9.22. The SMILES string of the molecule is CCC(NC(=O)c1ccn(COc2ccc(Br)cc2)n1)c1ccccc1. The third kappa shape index (κ3) is 4.73. The van der Waals surface area contributed by atoms with Gasteiger partial charge in [0.15, 0.2) is 6.73 Å². The molecule has 1 heterocycles. The lowest BCUT2D eigenvalue weighted by atomic mass is 10.0. The van der Waals surface area contributed by atoms with E-state index in [0.29, 0.717) is 5.69 Å². The lowest BCUT2D eigenvalue weighted by molar-refractivity contribution is 0.0928. The van der Waals surface area contributed by atoms with Crippen molar-refractivity contribution in [2.75, 3.05) is 0 Å². The zero-order valence-electron chi connectivity index (χ0n) is 14.4. The lowest BCUT2D eigenvalue weighted by Crippen LogP contribution is -2.28. The summed E-state index contributed by atoms with van der Waals surface area (Å²) in [5.41, 5.74) is 1.46. The Morgan fingerprint density at radius 1 is 1.15 bits per heavy atom. The highest BCUT2D eigenvalue weighted by atomic mass is 79.9. The van der Waals surface area contributed by atoms with Crippen LogP contribution in [0.15, 0.2) is 71.3 Å². The van der Waals surface area contributed by atoms with Crippen LogP contribution in [0, 0.1) is 0 Å². The van der Waals surface area contributed by atoms with Gasteiger partial charge in [0, 0.05) is 10.7 Å². The molecule has 0 spiro atoms. The first-order chi connectivity index (χ1) is 12.7. The molecular formula is C20H20BrN3O2. The van der Waals surface area contributed by atoms with E-state index < -0.39 is 0 Å². The number of nitrogens with one attached hydrogen (secondary N) is 1. The molecule has 26 heavy (non-hydrogen) atoms. The molecule has 1 atom stereocenters. The molecule has 3 aromatic rings. The molecule has 0 aliphatic rings. The van der Waals surface area contributed by atoms with Gasteiger partial charge in [-0.2, -0.15) is 5.10 Å². The molecule has 0 radical (unpaired) electrons. The van der Waals surface area contributed by atoms with Crippen LogP contribution in [0.4, 0.5) is 0 Å². The van der Waals surface area contributed by atoms with Gasteiger partial charge in [-0.05, 0) is 42.3 Å². The molecule has 0 bridgehead atoms. The molecule has 6 heteroatoms. The molecule has 1 amide bonds. The minimum Gasteiger partial charge on any atom is -0.471 e. The molecule has 134 valence electrons. The number of amides is 1. The van der Waals surface area contributed by atoms with Gasteiger partial charge < -0.3 is 10.1 Å². The van der Waals surface area contributed by atoms with E-state index in [2.05, 4.69) is 26.3 Å². The number of carbonyl (C=O) groups is 1. The maximum absolute atomic E-state index is 12.5. The minimum absolute atomic E-state index is 0.0344. The number of halogens is 1. The second-order valence-corrected chi connectivity index (χ2v) is 6.73. The Bertz CT molecular complexity index is 847. The Kier molecular flexibility index (Phi) is 6.07. The van der Waals surface area contributed by atoms with Crippen LogP contribution in [0.3, 0.4) is 0 Å². The quantitative estimate of drug-likeness (QED) is 0.617. The standard InChI is InChI=1S/C20H20BrN3O2/c1-2-18(15-6-4-3-5-7-15)22-20(25)19-12-13-24(23-19)14-26-17-10-8-16(21)9-11-17/h3-13,18H,2,14H2,1H3,(H,22,25). The van der Waals surface area contributed by atoms with E-state index in [1.54, 1.807) is 16.9 Å². The van der Waals surface area contributed by atoms with Crippen molar-refractivity contribution in [2.45, 2.75) is 26.1 Å². The van der Waals surface area contributed by atoms with Crippen molar-refractivity contribution in [3.8, 4) is 5.75 Å². The van der Waals surface area contributed by atoms with Crippen LogP contribution in [0.5, 0.6) is 5.75 Å². The predicted molar refractivity (Wildman–Crippen MR) is 104 cm³/mol. The first kappa shape index (κ1) is 18.2. The summed E-state index contributed by atoms with van der Waals surface area (Å²) in [6.07, 6.45) is 2.54. The van der Waals surface area contributed by atoms with Crippen molar-refractivity contribution in [3.63, 3.8) is 0 Å². The Hall–Kier alpha value is -2.60. The normalized spacial score (nSPS) is 11.8. The summed E-state index contributed by atoms with van der Waals surface area (Å²) in [7, 11) is 0. The van der Waals surface area contributed by atoms with E-state index in [9.17, 15) is 4.79 Å². The maximum Gasteiger partial charge on any atom is 0.272 e. The van der Waals surface area contributed by atoms with Crippen molar-refractivity contribution in [1.82, 2.24) is 15.1 Å². The highest BCUT2D eigenvalue weighted by Gasteiger charge is 2.16. The topological polar surface area (TPSA) is 56.2 Å². The number of hydrogen-bond acceptors (Lipinski definition) is 3. The summed E-state index contributed by atoms with van der Waals surface area (Å²) >= 11 is 3.39. The molecule has 3 rings (SSSR count). The van der Waals surface area contributed by atoms with Gasteiger partial charge in [0.25, 0.3) is 5.91 Å². The Labute approximate surface area is 161 Å². The van der Waals surface area contributed by atoms with Crippen LogP contribution >= 0.6 is 15.9 Å². The maximum atomic E-state index is 12.5. The predicted octanol–water partition coefficient (Wildman–Crippen LogP) is 4.56. The molecule has 0 saturated carbocycles. The van der Waals surface area contributed by atoms with Gasteiger partial charge in [-0.1, -0.05) is 53.2 Å². The summed E-state index contributed by atoms with van der Waals surface area (Å²) in [5, 5.41) is 7.33. The number of carbonyl (C=O) groups excluding carboxylic acids is 1. The van der Waals surface area contributed by atoms with Crippen molar-refractivity contribution in [2.24, 2.45) is 0 Å². The molecule has 0 saturated heterocycles. The molecule has 2 aromatic carbocycles. The van der Waals surface area contributed by atoms with Gasteiger partial charge in [0.05, 0.1) is 6.04 Å². The minimum atomic E-state index is -0.192. The van der Waals surface area contributed by atoms with Crippen LogP contribution in [0.2, 0.25) is 0 Å². The summed E-state index contributed by atoms with van der Waals surface area (Å²) < 4.78 is 8.25. The molecule has 0 aliphatic heterocycles. The molecule has 0 aliphatic carbocycles. The third-order valence-corrected chi connectivity index (χ3v) is 4.49. The molecule has 5 nitrogen and oxygen atoms in total. The Morgan fingerprint density at radius 3 is 2.58 bits per heavy atom. The summed E-state index contributed by atoms with van der Waals surface area (Å²) in [5.74, 6) is 0.549. The van der Waals surface area contributed by atoms with Gasteiger partial charge in [0.2, 0.25) is 0 Å². The van der Waals surface area contributed by atoms with E-state index in [1.165, 1.54) is 0 Å². The summed E-state index contributed by atoms with van der Waals surface area (Å²) in [6, 6.07) is 19.1. The largest absolute Gasteiger partial charge is 0.471 e. The van der Waals surface area contributed by atoms with Crippen molar-refractivity contribution in [3.05, 3.63) is 82.6 Å². The fourth-order valence-electron chi connectivity index (χ4n) is 2.56. The van der Waals surface area contributed by atoms with Crippen LogP contribution in [-0.2, 0) is 6.73 Å². The van der Waals surface area contributed by atoms with E-state index in [4.69, 9.17) is 4.74 Å². The molecule has 1 unspecified atom stereocenters. The lowest BCUT2D eigenvalue weighted by Gasteiger charge is -2.16. The second kappa shape index (κ2) is 8.67. The van der Waals surface area contributed by atoms with Crippen molar-refractivity contribution in [1.29, 1.82) is 0 Å². The fourth-order valence-corrected chi connectivity index (χ4v) is 2.83. The van der Waals surface area contributed by atoms with Crippen LogP contribution in [-0.4, -0.2) is 15.7 Å². The Morgan fingerprint density at radius 2 is 1.88 bits per heavy atom. The van der Waals surface area contributed by atoms with Gasteiger partial charge >= 0.3 is 0 Å². The van der Waals surface area contributed by atoms with E-state index in [-0.39, 0.29) is 18.7 Å².